The number of hydrogen-bond donors (Lipinski definition) is 2. The number of anilines is 3. The zero-order chi connectivity index (χ0) is 22.9. The standard InChI is InChI=1S/C23H29ClN4O4/c1-27(10-9-22(29)26-20-15-17(24)3-8-21(20)31-2)16-23(30)25-18-4-6-19(7-5-18)28-11-13-32-14-12-28/h3-8,15H,9-14,16H2,1-2H3,(H,25,30)(H,26,29). The van der Waals surface area contributed by atoms with Crippen LogP contribution in [0.15, 0.2) is 42.5 Å². The molecule has 1 heterocycles. The van der Waals surface area contributed by atoms with E-state index in [4.69, 9.17) is 21.1 Å². The second-order valence-corrected chi connectivity index (χ2v) is 8.01. The molecular formula is C23H29ClN4O4. The van der Waals surface area contributed by atoms with Crippen molar-refractivity contribution >= 4 is 40.5 Å². The topological polar surface area (TPSA) is 83.1 Å². The molecule has 2 N–H and O–H groups in total. The van der Waals surface area contributed by atoms with Gasteiger partial charge in [-0.2, -0.15) is 0 Å². The average Bonchev–Trinajstić information content (AvgIpc) is 2.79. The van der Waals surface area contributed by atoms with E-state index in [1.807, 2.05) is 24.3 Å². The lowest BCUT2D eigenvalue weighted by atomic mass is 10.2. The summed E-state index contributed by atoms with van der Waals surface area (Å²) in [6, 6.07) is 12.8. The third kappa shape index (κ3) is 7.12. The fraction of sp³-hybridized carbons (Fsp3) is 0.391. The molecule has 3 rings (SSSR count). The third-order valence-corrected chi connectivity index (χ3v) is 5.33. The third-order valence-electron chi connectivity index (χ3n) is 5.10. The van der Waals surface area contributed by atoms with Crippen LogP contribution < -0.4 is 20.3 Å². The van der Waals surface area contributed by atoms with E-state index in [0.29, 0.717) is 23.0 Å². The smallest absolute Gasteiger partial charge is 0.238 e. The molecule has 0 unspecified atom stereocenters. The van der Waals surface area contributed by atoms with Crippen LogP contribution in [0.5, 0.6) is 5.75 Å². The number of halogens is 1. The first-order valence-corrected chi connectivity index (χ1v) is 10.9. The van der Waals surface area contributed by atoms with Crippen molar-refractivity contribution < 1.29 is 19.1 Å². The van der Waals surface area contributed by atoms with Crippen molar-refractivity contribution in [1.82, 2.24) is 4.90 Å². The summed E-state index contributed by atoms with van der Waals surface area (Å²) in [5.41, 5.74) is 2.38. The maximum Gasteiger partial charge on any atom is 0.238 e. The molecule has 9 heteroatoms. The van der Waals surface area contributed by atoms with Gasteiger partial charge in [-0.25, -0.2) is 0 Å². The highest BCUT2D eigenvalue weighted by atomic mass is 35.5. The van der Waals surface area contributed by atoms with Gasteiger partial charge in [0.2, 0.25) is 11.8 Å². The van der Waals surface area contributed by atoms with Gasteiger partial charge in [0.05, 0.1) is 32.6 Å². The van der Waals surface area contributed by atoms with Gasteiger partial charge in [-0.1, -0.05) is 11.6 Å². The van der Waals surface area contributed by atoms with Crippen LogP contribution in [-0.4, -0.2) is 70.3 Å². The Morgan fingerprint density at radius 3 is 2.50 bits per heavy atom. The number of ether oxygens (including phenoxy) is 2. The Bertz CT molecular complexity index is 917. The van der Waals surface area contributed by atoms with Gasteiger partial charge in [-0.05, 0) is 49.5 Å². The van der Waals surface area contributed by atoms with Crippen LogP contribution in [0, 0.1) is 0 Å². The summed E-state index contributed by atoms with van der Waals surface area (Å²) >= 11 is 5.99. The minimum absolute atomic E-state index is 0.136. The minimum atomic E-state index is -0.184. The number of likely N-dealkylation sites (N-methyl/N-ethyl adjacent to an activating group) is 1. The first kappa shape index (κ1) is 23.8. The molecule has 2 aromatic rings. The van der Waals surface area contributed by atoms with Crippen molar-refractivity contribution in [3.05, 3.63) is 47.5 Å². The quantitative estimate of drug-likeness (QED) is 0.598. The molecule has 0 aliphatic carbocycles. The maximum absolute atomic E-state index is 12.4. The highest BCUT2D eigenvalue weighted by Gasteiger charge is 2.13. The molecule has 8 nitrogen and oxygen atoms in total. The molecular weight excluding hydrogens is 432 g/mol. The van der Waals surface area contributed by atoms with Crippen molar-refractivity contribution in [3.8, 4) is 5.75 Å². The van der Waals surface area contributed by atoms with Gasteiger partial charge in [0.15, 0.2) is 0 Å². The van der Waals surface area contributed by atoms with E-state index in [1.54, 1.807) is 30.1 Å². The number of hydrogen-bond acceptors (Lipinski definition) is 6. The molecule has 0 spiro atoms. The van der Waals surface area contributed by atoms with Gasteiger partial charge in [0.1, 0.15) is 5.75 Å². The van der Waals surface area contributed by atoms with Crippen LogP contribution in [0.4, 0.5) is 17.1 Å². The largest absolute Gasteiger partial charge is 0.495 e. The second-order valence-electron chi connectivity index (χ2n) is 7.58. The average molecular weight is 461 g/mol. The predicted octanol–water partition coefficient (Wildman–Crippen LogP) is 3.08. The zero-order valence-corrected chi connectivity index (χ0v) is 19.2. The van der Waals surface area contributed by atoms with E-state index in [1.165, 1.54) is 7.11 Å². The van der Waals surface area contributed by atoms with Gasteiger partial charge in [0, 0.05) is 42.5 Å². The Balaban J connectivity index is 1.41. The predicted molar refractivity (Wildman–Crippen MR) is 127 cm³/mol. The molecule has 0 atom stereocenters. The maximum atomic E-state index is 12.4. The Labute approximate surface area is 193 Å². The summed E-state index contributed by atoms with van der Waals surface area (Å²) in [4.78, 5) is 28.7. The van der Waals surface area contributed by atoms with Gasteiger partial charge >= 0.3 is 0 Å². The number of benzene rings is 2. The molecule has 0 saturated carbocycles. The van der Waals surface area contributed by atoms with Crippen molar-refractivity contribution in [2.75, 3.05) is 69.1 Å². The molecule has 1 aliphatic heterocycles. The van der Waals surface area contributed by atoms with Crippen LogP contribution in [0.1, 0.15) is 6.42 Å². The number of amides is 2. The van der Waals surface area contributed by atoms with E-state index in [0.717, 1.165) is 37.7 Å². The first-order chi connectivity index (χ1) is 15.4. The number of rotatable bonds is 9. The summed E-state index contributed by atoms with van der Waals surface area (Å²) in [7, 11) is 3.33. The van der Waals surface area contributed by atoms with Crippen molar-refractivity contribution in [2.45, 2.75) is 6.42 Å². The van der Waals surface area contributed by atoms with Crippen molar-refractivity contribution in [1.29, 1.82) is 0 Å². The monoisotopic (exact) mass is 460 g/mol. The molecule has 2 aromatic carbocycles. The Morgan fingerprint density at radius 1 is 1.09 bits per heavy atom. The fourth-order valence-electron chi connectivity index (χ4n) is 3.38. The Morgan fingerprint density at radius 2 is 1.81 bits per heavy atom. The number of nitrogens with one attached hydrogen (secondary N) is 2. The van der Waals surface area contributed by atoms with Gasteiger partial charge in [0.25, 0.3) is 0 Å². The summed E-state index contributed by atoms with van der Waals surface area (Å²) < 4.78 is 10.6. The summed E-state index contributed by atoms with van der Waals surface area (Å²) in [6.45, 7) is 3.81. The van der Waals surface area contributed by atoms with Crippen LogP contribution in [-0.2, 0) is 14.3 Å². The van der Waals surface area contributed by atoms with E-state index in [2.05, 4.69) is 15.5 Å². The fourth-order valence-corrected chi connectivity index (χ4v) is 3.56. The zero-order valence-electron chi connectivity index (χ0n) is 18.4. The number of carbonyl (C=O) groups excluding carboxylic acids is 2. The van der Waals surface area contributed by atoms with Gasteiger partial charge in [-0.3, -0.25) is 14.5 Å². The number of nitrogens with zero attached hydrogens (tertiary/aromatic N) is 2. The van der Waals surface area contributed by atoms with Crippen molar-refractivity contribution in [2.24, 2.45) is 0 Å². The molecule has 1 fully saturated rings. The summed E-state index contributed by atoms with van der Waals surface area (Å²) in [5, 5.41) is 6.20. The molecule has 172 valence electrons. The molecule has 1 saturated heterocycles. The summed E-state index contributed by atoms with van der Waals surface area (Å²) in [6.07, 6.45) is 0.230. The lowest BCUT2D eigenvalue weighted by Crippen LogP contribution is -2.36. The molecule has 0 aromatic heterocycles. The van der Waals surface area contributed by atoms with E-state index < -0.39 is 0 Å². The van der Waals surface area contributed by atoms with E-state index in [-0.39, 0.29) is 24.8 Å². The molecule has 2 amide bonds. The molecule has 0 radical (unpaired) electrons. The van der Waals surface area contributed by atoms with Crippen molar-refractivity contribution in [3.63, 3.8) is 0 Å². The first-order valence-electron chi connectivity index (χ1n) is 10.5. The minimum Gasteiger partial charge on any atom is -0.495 e. The van der Waals surface area contributed by atoms with Crippen LogP contribution >= 0.6 is 11.6 Å². The number of morpholine rings is 1. The lowest BCUT2D eigenvalue weighted by Gasteiger charge is -2.28. The normalized spacial score (nSPS) is 13.7. The Hall–Kier alpha value is -2.81. The second kappa shape index (κ2) is 11.7. The number of methoxy groups -OCH3 is 1. The van der Waals surface area contributed by atoms with Gasteiger partial charge < -0.3 is 25.0 Å². The highest BCUT2D eigenvalue weighted by Crippen LogP contribution is 2.27. The Kier molecular flexibility index (Phi) is 8.72. The molecule has 1 aliphatic rings. The van der Waals surface area contributed by atoms with Crippen LogP contribution in [0.2, 0.25) is 5.02 Å². The molecule has 32 heavy (non-hydrogen) atoms. The van der Waals surface area contributed by atoms with Crippen LogP contribution in [0.3, 0.4) is 0 Å². The SMILES string of the molecule is COc1ccc(Cl)cc1NC(=O)CCN(C)CC(=O)Nc1ccc(N2CCOCC2)cc1. The van der Waals surface area contributed by atoms with Crippen LogP contribution in [0.25, 0.3) is 0 Å². The van der Waals surface area contributed by atoms with E-state index >= 15 is 0 Å². The lowest BCUT2D eigenvalue weighted by molar-refractivity contribution is -0.119. The van der Waals surface area contributed by atoms with E-state index in [9.17, 15) is 9.59 Å². The molecule has 0 bridgehead atoms. The summed E-state index contributed by atoms with van der Waals surface area (Å²) in [5.74, 6) is 0.218. The van der Waals surface area contributed by atoms with Gasteiger partial charge in [-0.15, -0.1) is 0 Å². The number of carbonyl (C=O) groups is 2. The highest BCUT2D eigenvalue weighted by molar-refractivity contribution is 6.31.